The highest BCUT2D eigenvalue weighted by Gasteiger charge is 2.14. The molecular formula is C8H12IN3. The summed E-state index contributed by atoms with van der Waals surface area (Å²) in [5.41, 5.74) is 0. The lowest BCUT2D eigenvalue weighted by Gasteiger charge is -2.26. The van der Waals surface area contributed by atoms with Crippen LogP contribution in [0.15, 0.2) is 12.4 Å². The molecule has 0 amide bonds. The summed E-state index contributed by atoms with van der Waals surface area (Å²) in [6.45, 7) is 4.49. The molecule has 66 valence electrons. The summed E-state index contributed by atoms with van der Waals surface area (Å²) >= 11 is 2.42. The van der Waals surface area contributed by atoms with E-state index in [1.165, 1.54) is 23.3 Å². The zero-order chi connectivity index (χ0) is 8.39. The van der Waals surface area contributed by atoms with Crippen LogP contribution in [0.1, 0.15) is 5.82 Å². The van der Waals surface area contributed by atoms with Gasteiger partial charge in [0.2, 0.25) is 0 Å². The Hall–Kier alpha value is -0.100. The molecule has 12 heavy (non-hydrogen) atoms. The first kappa shape index (κ1) is 8.50. The van der Waals surface area contributed by atoms with E-state index in [4.69, 9.17) is 0 Å². The maximum atomic E-state index is 4.31. The molecule has 0 aliphatic carbocycles. The summed E-state index contributed by atoms with van der Waals surface area (Å²) in [4.78, 5) is 6.76. The minimum Gasteiger partial charge on any atom is -0.333 e. The summed E-state index contributed by atoms with van der Waals surface area (Å²) in [5, 5.41) is 0. The molecular weight excluding hydrogens is 265 g/mol. The lowest BCUT2D eigenvalue weighted by Crippen LogP contribution is -2.34. The Morgan fingerprint density at radius 1 is 1.50 bits per heavy atom. The van der Waals surface area contributed by atoms with Gasteiger partial charge in [-0.1, -0.05) is 22.6 Å². The van der Waals surface area contributed by atoms with Crippen molar-refractivity contribution in [1.82, 2.24) is 14.5 Å². The second-order valence-electron chi connectivity index (χ2n) is 3.00. The van der Waals surface area contributed by atoms with Crippen molar-refractivity contribution in [2.45, 2.75) is 13.1 Å². The predicted molar refractivity (Wildman–Crippen MR) is 56.4 cm³/mol. The third-order valence-electron chi connectivity index (χ3n) is 2.22. The van der Waals surface area contributed by atoms with Gasteiger partial charge in [-0.2, -0.15) is 0 Å². The monoisotopic (exact) mass is 277 g/mol. The van der Waals surface area contributed by atoms with Gasteiger partial charge in [0.15, 0.2) is 0 Å². The van der Waals surface area contributed by atoms with E-state index < -0.39 is 0 Å². The van der Waals surface area contributed by atoms with Gasteiger partial charge in [-0.15, -0.1) is 0 Å². The minimum absolute atomic E-state index is 1.02. The number of imidazole rings is 1. The molecule has 0 radical (unpaired) electrons. The molecule has 1 aliphatic heterocycles. The Labute approximate surface area is 85.9 Å². The lowest BCUT2D eigenvalue weighted by atomic mass is 10.3. The van der Waals surface area contributed by atoms with Gasteiger partial charge in [0, 0.05) is 36.5 Å². The maximum Gasteiger partial charge on any atom is 0.122 e. The fraction of sp³-hybridized carbons (Fsp3) is 0.625. The Morgan fingerprint density at radius 3 is 3.25 bits per heavy atom. The molecule has 1 aliphatic rings. The molecule has 1 aromatic heterocycles. The van der Waals surface area contributed by atoms with Crippen molar-refractivity contribution in [1.29, 1.82) is 0 Å². The molecule has 3 nitrogen and oxygen atoms in total. The molecule has 2 heterocycles. The summed E-state index contributed by atoms with van der Waals surface area (Å²) in [7, 11) is 0. The van der Waals surface area contributed by atoms with E-state index in [1.807, 2.05) is 6.20 Å². The third kappa shape index (κ3) is 1.64. The highest BCUT2D eigenvalue weighted by atomic mass is 127. The fourth-order valence-corrected chi connectivity index (χ4v) is 2.22. The molecule has 0 aromatic carbocycles. The first-order chi connectivity index (χ1) is 5.90. The van der Waals surface area contributed by atoms with Gasteiger partial charge in [-0.3, -0.25) is 4.90 Å². The first-order valence-corrected chi connectivity index (χ1v) is 5.71. The van der Waals surface area contributed by atoms with Gasteiger partial charge in [0.25, 0.3) is 0 Å². The van der Waals surface area contributed by atoms with Gasteiger partial charge in [-0.25, -0.2) is 4.98 Å². The third-order valence-corrected chi connectivity index (χ3v) is 2.71. The van der Waals surface area contributed by atoms with Crippen molar-refractivity contribution >= 4 is 22.6 Å². The Bertz CT molecular complexity index is 259. The number of nitrogens with zero attached hydrogens (tertiary/aromatic N) is 3. The quantitative estimate of drug-likeness (QED) is 0.597. The average Bonchev–Trinajstić information content (AvgIpc) is 2.51. The minimum atomic E-state index is 1.02. The smallest absolute Gasteiger partial charge is 0.122 e. The van der Waals surface area contributed by atoms with Gasteiger partial charge in [-0.05, 0) is 0 Å². The van der Waals surface area contributed by atoms with Crippen LogP contribution in [0, 0.1) is 0 Å². The van der Waals surface area contributed by atoms with E-state index >= 15 is 0 Å². The van der Waals surface area contributed by atoms with Crippen LogP contribution in [-0.4, -0.2) is 32.0 Å². The predicted octanol–water partition coefficient (Wildman–Crippen LogP) is 1.13. The number of aromatic nitrogens is 2. The topological polar surface area (TPSA) is 21.1 Å². The van der Waals surface area contributed by atoms with Crippen LogP contribution in [0.2, 0.25) is 0 Å². The van der Waals surface area contributed by atoms with Crippen LogP contribution in [0.4, 0.5) is 0 Å². The van der Waals surface area contributed by atoms with Gasteiger partial charge >= 0.3 is 0 Å². The number of fused-ring (bicyclic) bond motifs is 1. The lowest BCUT2D eigenvalue weighted by molar-refractivity contribution is 0.231. The molecule has 0 saturated carbocycles. The van der Waals surface area contributed by atoms with Crippen LogP contribution >= 0.6 is 22.6 Å². The molecule has 0 fully saturated rings. The van der Waals surface area contributed by atoms with E-state index in [0.29, 0.717) is 0 Å². The Morgan fingerprint density at radius 2 is 2.42 bits per heavy atom. The maximum absolute atomic E-state index is 4.31. The second-order valence-corrected chi connectivity index (χ2v) is 4.08. The molecule has 2 rings (SSSR count). The molecule has 0 saturated heterocycles. The molecule has 0 atom stereocenters. The number of halogens is 1. The van der Waals surface area contributed by atoms with Gasteiger partial charge in [0.05, 0.1) is 6.54 Å². The number of alkyl halides is 1. The first-order valence-electron chi connectivity index (χ1n) is 4.18. The Balaban J connectivity index is 2.05. The van der Waals surface area contributed by atoms with Gasteiger partial charge in [0.1, 0.15) is 5.82 Å². The molecule has 0 unspecified atom stereocenters. The molecule has 1 aromatic rings. The molecule has 0 N–H and O–H groups in total. The number of hydrogen-bond donors (Lipinski definition) is 0. The average molecular weight is 277 g/mol. The van der Waals surface area contributed by atoms with Gasteiger partial charge < -0.3 is 4.57 Å². The van der Waals surface area contributed by atoms with Crippen molar-refractivity contribution in [2.24, 2.45) is 0 Å². The highest BCUT2D eigenvalue weighted by Crippen LogP contribution is 2.09. The van der Waals surface area contributed by atoms with E-state index in [-0.39, 0.29) is 0 Å². The summed E-state index contributed by atoms with van der Waals surface area (Å²) in [6, 6.07) is 0. The van der Waals surface area contributed by atoms with Crippen LogP contribution in [0.25, 0.3) is 0 Å². The zero-order valence-corrected chi connectivity index (χ0v) is 9.07. The summed E-state index contributed by atoms with van der Waals surface area (Å²) < 4.78 is 3.45. The largest absolute Gasteiger partial charge is 0.333 e. The van der Waals surface area contributed by atoms with Crippen LogP contribution in [0.5, 0.6) is 0 Å². The van der Waals surface area contributed by atoms with Crippen molar-refractivity contribution in [3.63, 3.8) is 0 Å². The Kier molecular flexibility index (Phi) is 2.65. The standard InChI is InChI=1S/C8H12IN3/c9-1-3-11-5-6-12-4-2-10-8(12)7-11/h2,4H,1,3,5-7H2. The number of rotatable bonds is 2. The van der Waals surface area contributed by atoms with Crippen LogP contribution in [0.3, 0.4) is 0 Å². The normalized spacial score (nSPS) is 17.8. The second kappa shape index (κ2) is 3.74. The van der Waals surface area contributed by atoms with Crippen molar-refractivity contribution in [2.75, 3.05) is 17.5 Å². The molecule has 0 spiro atoms. The van der Waals surface area contributed by atoms with E-state index in [0.717, 1.165) is 13.1 Å². The summed E-state index contributed by atoms with van der Waals surface area (Å²) in [5.74, 6) is 1.21. The molecule has 0 bridgehead atoms. The highest BCUT2D eigenvalue weighted by molar-refractivity contribution is 14.1. The van der Waals surface area contributed by atoms with Crippen LogP contribution in [-0.2, 0) is 13.1 Å². The van der Waals surface area contributed by atoms with E-state index in [9.17, 15) is 0 Å². The van der Waals surface area contributed by atoms with E-state index in [2.05, 4.69) is 43.2 Å². The zero-order valence-electron chi connectivity index (χ0n) is 6.91. The summed E-state index contributed by atoms with van der Waals surface area (Å²) in [6.07, 6.45) is 3.96. The fourth-order valence-electron chi connectivity index (χ4n) is 1.53. The molecule has 4 heteroatoms. The van der Waals surface area contributed by atoms with E-state index in [1.54, 1.807) is 0 Å². The van der Waals surface area contributed by atoms with Crippen molar-refractivity contribution in [3.8, 4) is 0 Å². The van der Waals surface area contributed by atoms with Crippen molar-refractivity contribution in [3.05, 3.63) is 18.2 Å². The van der Waals surface area contributed by atoms with Crippen LogP contribution < -0.4 is 0 Å². The number of hydrogen-bond acceptors (Lipinski definition) is 2. The SMILES string of the molecule is ICCN1CCn2ccnc2C1. The van der Waals surface area contributed by atoms with Crippen molar-refractivity contribution < 1.29 is 0 Å².